The SMILES string of the molecule is O=S(=O)(C1CCN(C[C@H]2C[C@H]3C=C[C@H]2C3)CC1)N1CCCC1. The molecule has 4 rings (SSSR count). The van der Waals surface area contributed by atoms with Gasteiger partial charge in [0.15, 0.2) is 0 Å². The highest BCUT2D eigenvalue weighted by atomic mass is 32.2. The minimum Gasteiger partial charge on any atom is -0.303 e. The topological polar surface area (TPSA) is 40.6 Å². The van der Waals surface area contributed by atoms with E-state index >= 15 is 0 Å². The number of sulfonamides is 1. The number of fused-ring (bicyclic) bond motifs is 2. The lowest BCUT2D eigenvalue weighted by Gasteiger charge is -2.35. The van der Waals surface area contributed by atoms with Crippen molar-refractivity contribution in [1.82, 2.24) is 9.21 Å². The summed E-state index contributed by atoms with van der Waals surface area (Å²) in [4.78, 5) is 2.52. The van der Waals surface area contributed by atoms with Crippen molar-refractivity contribution in [2.24, 2.45) is 17.8 Å². The summed E-state index contributed by atoms with van der Waals surface area (Å²) < 4.78 is 27.0. The fourth-order valence-electron chi connectivity index (χ4n) is 4.98. The Morgan fingerprint density at radius 1 is 0.955 bits per heavy atom. The van der Waals surface area contributed by atoms with Crippen LogP contribution in [-0.2, 0) is 10.0 Å². The third kappa shape index (κ3) is 2.76. The molecular formula is C17H28N2O2S. The molecule has 5 heteroatoms. The van der Waals surface area contributed by atoms with Crippen LogP contribution in [0.5, 0.6) is 0 Å². The van der Waals surface area contributed by atoms with Crippen molar-refractivity contribution in [3.05, 3.63) is 12.2 Å². The average Bonchev–Trinajstić information content (AvgIpc) is 3.25. The molecule has 0 amide bonds. The molecule has 4 aliphatic rings. The normalized spacial score (nSPS) is 37.4. The number of nitrogens with zero attached hydrogens (tertiary/aromatic N) is 2. The van der Waals surface area contributed by atoms with Gasteiger partial charge in [0.1, 0.15) is 0 Å². The first-order chi connectivity index (χ1) is 10.6. The van der Waals surface area contributed by atoms with E-state index in [4.69, 9.17) is 0 Å². The number of hydrogen-bond donors (Lipinski definition) is 0. The van der Waals surface area contributed by atoms with Crippen LogP contribution in [0.25, 0.3) is 0 Å². The van der Waals surface area contributed by atoms with Crippen LogP contribution in [0.4, 0.5) is 0 Å². The molecule has 3 atom stereocenters. The highest BCUT2D eigenvalue weighted by Crippen LogP contribution is 2.43. The molecule has 3 fully saturated rings. The Morgan fingerprint density at radius 2 is 1.68 bits per heavy atom. The van der Waals surface area contributed by atoms with Crippen LogP contribution in [0.15, 0.2) is 12.2 Å². The molecule has 2 heterocycles. The van der Waals surface area contributed by atoms with Gasteiger partial charge >= 0.3 is 0 Å². The van der Waals surface area contributed by atoms with Gasteiger partial charge in [-0.15, -0.1) is 0 Å². The monoisotopic (exact) mass is 324 g/mol. The zero-order chi connectivity index (χ0) is 15.2. The molecule has 2 saturated heterocycles. The van der Waals surface area contributed by atoms with Gasteiger partial charge in [0.25, 0.3) is 0 Å². The van der Waals surface area contributed by atoms with Gasteiger partial charge in [0.05, 0.1) is 5.25 Å². The van der Waals surface area contributed by atoms with Gasteiger partial charge < -0.3 is 4.90 Å². The van der Waals surface area contributed by atoms with E-state index in [-0.39, 0.29) is 5.25 Å². The van der Waals surface area contributed by atoms with Gasteiger partial charge in [-0.05, 0) is 69.4 Å². The van der Waals surface area contributed by atoms with Gasteiger partial charge in [-0.3, -0.25) is 0 Å². The zero-order valence-corrected chi connectivity index (χ0v) is 14.2. The van der Waals surface area contributed by atoms with Gasteiger partial charge in [-0.1, -0.05) is 12.2 Å². The first kappa shape index (κ1) is 15.2. The summed E-state index contributed by atoms with van der Waals surface area (Å²) in [6.07, 6.45) is 11.3. The van der Waals surface area contributed by atoms with Crippen molar-refractivity contribution >= 4 is 10.0 Å². The van der Waals surface area contributed by atoms with E-state index in [1.54, 1.807) is 4.31 Å². The van der Waals surface area contributed by atoms with E-state index in [0.717, 1.165) is 69.6 Å². The molecule has 2 bridgehead atoms. The number of allylic oxidation sites excluding steroid dienone is 2. The van der Waals surface area contributed by atoms with Crippen LogP contribution in [0, 0.1) is 17.8 Å². The predicted octanol–water partition coefficient (Wildman–Crippen LogP) is 2.09. The second-order valence-electron chi connectivity index (χ2n) is 7.69. The lowest BCUT2D eigenvalue weighted by atomic mass is 9.92. The summed E-state index contributed by atoms with van der Waals surface area (Å²) in [6.45, 7) is 4.62. The zero-order valence-electron chi connectivity index (χ0n) is 13.4. The maximum atomic E-state index is 12.6. The van der Waals surface area contributed by atoms with Crippen molar-refractivity contribution < 1.29 is 8.42 Å². The molecule has 2 aliphatic carbocycles. The summed E-state index contributed by atoms with van der Waals surface area (Å²) >= 11 is 0. The van der Waals surface area contributed by atoms with Crippen LogP contribution >= 0.6 is 0 Å². The molecule has 0 aromatic heterocycles. The Balaban J connectivity index is 1.30. The minimum absolute atomic E-state index is 0.123. The molecule has 22 heavy (non-hydrogen) atoms. The summed E-state index contributed by atoms with van der Waals surface area (Å²) in [6, 6.07) is 0. The van der Waals surface area contributed by atoms with Crippen molar-refractivity contribution in [2.45, 2.75) is 43.8 Å². The molecule has 0 aromatic rings. The summed E-state index contributed by atoms with van der Waals surface area (Å²) in [5.74, 6) is 2.46. The van der Waals surface area contributed by atoms with Crippen LogP contribution in [0.1, 0.15) is 38.5 Å². The van der Waals surface area contributed by atoms with Crippen LogP contribution in [0.2, 0.25) is 0 Å². The number of likely N-dealkylation sites (tertiary alicyclic amines) is 1. The largest absolute Gasteiger partial charge is 0.303 e. The van der Waals surface area contributed by atoms with E-state index in [0.29, 0.717) is 0 Å². The van der Waals surface area contributed by atoms with E-state index in [2.05, 4.69) is 17.1 Å². The van der Waals surface area contributed by atoms with Gasteiger partial charge in [0, 0.05) is 19.6 Å². The Hall–Kier alpha value is -0.390. The Labute approximate surface area is 134 Å². The molecule has 1 saturated carbocycles. The minimum atomic E-state index is -3.03. The third-order valence-corrected chi connectivity index (χ3v) is 8.69. The van der Waals surface area contributed by atoms with Crippen LogP contribution in [-0.4, -0.2) is 55.6 Å². The van der Waals surface area contributed by atoms with Gasteiger partial charge in [-0.25, -0.2) is 12.7 Å². The molecule has 0 aromatic carbocycles. The van der Waals surface area contributed by atoms with Crippen molar-refractivity contribution in [1.29, 1.82) is 0 Å². The average molecular weight is 324 g/mol. The molecular weight excluding hydrogens is 296 g/mol. The highest BCUT2D eigenvalue weighted by Gasteiger charge is 2.39. The fraction of sp³-hybridized carbons (Fsp3) is 0.882. The summed E-state index contributed by atoms with van der Waals surface area (Å²) in [7, 11) is -3.03. The second-order valence-corrected chi connectivity index (χ2v) is 9.90. The highest BCUT2D eigenvalue weighted by molar-refractivity contribution is 7.89. The van der Waals surface area contributed by atoms with E-state index in [1.165, 1.54) is 19.4 Å². The molecule has 0 spiro atoms. The smallest absolute Gasteiger partial charge is 0.217 e. The molecule has 4 nitrogen and oxygen atoms in total. The van der Waals surface area contributed by atoms with Crippen LogP contribution < -0.4 is 0 Å². The van der Waals surface area contributed by atoms with Gasteiger partial charge in [-0.2, -0.15) is 0 Å². The summed E-state index contributed by atoms with van der Waals surface area (Å²) in [5.41, 5.74) is 0. The number of hydrogen-bond acceptors (Lipinski definition) is 3. The standard InChI is InChI=1S/C17H28N2O2S/c20-22(21,19-7-1-2-8-19)17-5-9-18(10-6-17)13-16-12-14-3-4-15(16)11-14/h3-4,14-17H,1-2,5-13H2/t14-,15-,16+/m0/s1. The first-order valence-electron chi connectivity index (χ1n) is 9.02. The van der Waals surface area contributed by atoms with Crippen molar-refractivity contribution in [3.8, 4) is 0 Å². The molecule has 0 radical (unpaired) electrons. The maximum Gasteiger partial charge on any atom is 0.217 e. The van der Waals surface area contributed by atoms with Crippen molar-refractivity contribution in [3.63, 3.8) is 0 Å². The summed E-state index contributed by atoms with van der Waals surface area (Å²) in [5, 5.41) is -0.123. The third-order valence-electron chi connectivity index (χ3n) is 6.29. The molecule has 124 valence electrons. The van der Waals surface area contributed by atoms with E-state index in [1.807, 2.05) is 0 Å². The van der Waals surface area contributed by atoms with Gasteiger partial charge in [0.2, 0.25) is 10.0 Å². The first-order valence-corrected chi connectivity index (χ1v) is 10.5. The quantitative estimate of drug-likeness (QED) is 0.744. The lowest BCUT2D eigenvalue weighted by molar-refractivity contribution is 0.183. The molecule has 0 N–H and O–H groups in total. The lowest BCUT2D eigenvalue weighted by Crippen LogP contribution is -2.45. The van der Waals surface area contributed by atoms with Crippen molar-refractivity contribution in [2.75, 3.05) is 32.7 Å². The molecule has 0 unspecified atom stereocenters. The predicted molar refractivity (Wildman–Crippen MR) is 88.0 cm³/mol. The Morgan fingerprint density at radius 3 is 2.27 bits per heavy atom. The molecule has 2 aliphatic heterocycles. The van der Waals surface area contributed by atoms with E-state index < -0.39 is 10.0 Å². The number of piperidine rings is 1. The number of rotatable bonds is 4. The fourth-order valence-corrected chi connectivity index (χ4v) is 6.97. The van der Waals surface area contributed by atoms with Crippen LogP contribution in [0.3, 0.4) is 0 Å². The van der Waals surface area contributed by atoms with E-state index in [9.17, 15) is 8.42 Å². The Kier molecular flexibility index (Phi) is 4.07. The Bertz CT molecular complexity index is 531. The maximum absolute atomic E-state index is 12.6. The second kappa shape index (κ2) is 5.91.